The number of hydrogen-bond donors (Lipinski definition) is 0. The number of esters is 2. The van der Waals surface area contributed by atoms with Crippen molar-refractivity contribution in [2.24, 2.45) is 11.8 Å². The number of ether oxygens (including phenoxy) is 3. The maximum atomic E-state index is 12.7. The van der Waals surface area contributed by atoms with Crippen molar-refractivity contribution in [3.05, 3.63) is 28.8 Å². The predicted molar refractivity (Wildman–Crippen MR) is 97.6 cm³/mol. The molecule has 9 heteroatoms. The average Bonchev–Trinajstić information content (AvgIpc) is 2.96. The van der Waals surface area contributed by atoms with Crippen molar-refractivity contribution < 1.29 is 33.4 Å². The highest BCUT2D eigenvalue weighted by Gasteiger charge is 2.48. The Kier molecular flexibility index (Phi) is 6.00. The highest BCUT2D eigenvalue weighted by atomic mass is 35.5. The van der Waals surface area contributed by atoms with Gasteiger partial charge < -0.3 is 14.2 Å². The Morgan fingerprint density at radius 3 is 2.25 bits per heavy atom. The highest BCUT2D eigenvalue weighted by molar-refractivity contribution is 6.34. The van der Waals surface area contributed by atoms with Gasteiger partial charge in [-0.25, -0.2) is 9.59 Å². The van der Waals surface area contributed by atoms with E-state index in [1.807, 2.05) is 0 Å². The molecule has 3 rings (SSSR count). The smallest absolute Gasteiger partial charge is 0.376 e. The molecule has 2 fully saturated rings. The molecule has 3 atom stereocenters. The van der Waals surface area contributed by atoms with Gasteiger partial charge in [0.15, 0.2) is 0 Å². The Morgan fingerprint density at radius 1 is 1.11 bits per heavy atom. The Morgan fingerprint density at radius 2 is 1.71 bits per heavy atom. The van der Waals surface area contributed by atoms with E-state index in [2.05, 4.69) is 4.74 Å². The molecule has 2 amide bonds. The number of amides is 2. The Balaban J connectivity index is 1.87. The number of imide groups is 1. The van der Waals surface area contributed by atoms with Gasteiger partial charge in [-0.1, -0.05) is 24.4 Å². The van der Waals surface area contributed by atoms with Crippen LogP contribution in [0.3, 0.4) is 0 Å². The zero-order chi connectivity index (χ0) is 20.4. The van der Waals surface area contributed by atoms with E-state index in [0.717, 1.165) is 24.9 Å². The summed E-state index contributed by atoms with van der Waals surface area (Å²) in [5.41, 5.74) is 0.147. The quantitative estimate of drug-likeness (QED) is 0.418. The maximum absolute atomic E-state index is 12.7. The summed E-state index contributed by atoms with van der Waals surface area (Å²) >= 11 is 6.09. The third-order valence-electron chi connectivity index (χ3n) is 5.09. The van der Waals surface area contributed by atoms with Crippen LogP contribution in [-0.2, 0) is 28.6 Å². The molecule has 1 aliphatic carbocycles. The van der Waals surface area contributed by atoms with Crippen LogP contribution < -0.4 is 4.90 Å². The molecule has 0 N–H and O–H groups in total. The third kappa shape index (κ3) is 3.62. The molecular formula is C19H20ClNO7. The van der Waals surface area contributed by atoms with E-state index in [1.165, 1.54) is 25.3 Å². The summed E-state index contributed by atoms with van der Waals surface area (Å²) in [6.45, 7) is 0. The van der Waals surface area contributed by atoms with Crippen molar-refractivity contribution in [2.45, 2.75) is 32.0 Å². The van der Waals surface area contributed by atoms with Crippen molar-refractivity contribution in [3.8, 4) is 0 Å². The fourth-order valence-electron chi connectivity index (χ4n) is 3.67. The number of hydrogen-bond acceptors (Lipinski definition) is 7. The summed E-state index contributed by atoms with van der Waals surface area (Å²) < 4.78 is 14.2. The molecule has 1 saturated carbocycles. The molecule has 150 valence electrons. The lowest BCUT2D eigenvalue weighted by Crippen LogP contribution is -2.32. The van der Waals surface area contributed by atoms with Gasteiger partial charge in [0.2, 0.25) is 11.8 Å². The third-order valence-corrected chi connectivity index (χ3v) is 5.42. The van der Waals surface area contributed by atoms with Crippen LogP contribution >= 0.6 is 11.6 Å². The molecule has 2 aliphatic rings. The van der Waals surface area contributed by atoms with Crippen LogP contribution in [0.1, 0.15) is 36.0 Å². The molecule has 8 nitrogen and oxygen atoms in total. The summed E-state index contributed by atoms with van der Waals surface area (Å²) in [6.07, 6.45) is 1.64. The summed E-state index contributed by atoms with van der Waals surface area (Å²) in [4.78, 5) is 50.6. The molecule has 1 aromatic rings. The topological polar surface area (TPSA) is 99.2 Å². The van der Waals surface area contributed by atoms with Crippen LogP contribution in [0, 0.1) is 11.8 Å². The number of benzene rings is 1. The first-order valence-corrected chi connectivity index (χ1v) is 9.25. The summed E-state index contributed by atoms with van der Waals surface area (Å²) in [5.74, 6) is -2.99. The fourth-order valence-corrected chi connectivity index (χ4v) is 3.87. The summed E-state index contributed by atoms with van der Waals surface area (Å²) in [6, 6.07) is 4.21. The fraction of sp³-hybridized carbons (Fsp3) is 0.474. The molecular weight excluding hydrogens is 390 g/mol. The normalized spacial score (nSPS) is 22.6. The Labute approximate surface area is 166 Å². The minimum Gasteiger partial charge on any atom is -0.464 e. The Bertz CT molecular complexity index is 801. The largest absolute Gasteiger partial charge is 0.464 e. The van der Waals surface area contributed by atoms with Crippen LogP contribution in [0.4, 0.5) is 5.69 Å². The first-order chi connectivity index (χ1) is 13.4. The second kappa shape index (κ2) is 8.28. The molecule has 0 aromatic heterocycles. The Hall–Kier alpha value is -2.45. The van der Waals surface area contributed by atoms with Crippen LogP contribution in [0.2, 0.25) is 5.02 Å². The number of anilines is 1. The minimum atomic E-state index is -1.56. The van der Waals surface area contributed by atoms with Crippen molar-refractivity contribution >= 4 is 41.0 Å². The molecule has 0 spiro atoms. The number of methoxy groups -OCH3 is 2. The molecule has 3 unspecified atom stereocenters. The van der Waals surface area contributed by atoms with Crippen LogP contribution in [0.5, 0.6) is 0 Å². The lowest BCUT2D eigenvalue weighted by Gasteiger charge is -2.19. The van der Waals surface area contributed by atoms with Crippen LogP contribution in [-0.4, -0.2) is 44.3 Å². The number of nitrogens with zero attached hydrogens (tertiary/aromatic N) is 1. The van der Waals surface area contributed by atoms with Crippen molar-refractivity contribution in [1.82, 2.24) is 0 Å². The lowest BCUT2D eigenvalue weighted by molar-refractivity contribution is -0.175. The van der Waals surface area contributed by atoms with E-state index in [1.54, 1.807) is 0 Å². The molecule has 1 aromatic carbocycles. The summed E-state index contributed by atoms with van der Waals surface area (Å²) in [5, 5.41) is 0.0463. The second-order valence-corrected chi connectivity index (χ2v) is 7.08. The van der Waals surface area contributed by atoms with E-state index < -0.39 is 18.2 Å². The molecule has 1 saturated heterocycles. The second-order valence-electron chi connectivity index (χ2n) is 6.67. The molecule has 1 aliphatic heterocycles. The van der Waals surface area contributed by atoms with E-state index in [-0.39, 0.29) is 39.9 Å². The average molecular weight is 410 g/mol. The standard InChI is InChI=1S/C19H20ClNO7/c1-26-18(25)19(27-2)28-17(24)13-9-10(7-8-14(13)20)21-15(22)11-5-3-4-6-12(11)16(21)23/h7-9,11-12,19H,3-6H2,1-2H3. The monoisotopic (exact) mass is 409 g/mol. The van der Waals surface area contributed by atoms with Crippen LogP contribution in [0.25, 0.3) is 0 Å². The van der Waals surface area contributed by atoms with Gasteiger partial charge in [-0.15, -0.1) is 0 Å². The zero-order valence-electron chi connectivity index (χ0n) is 15.5. The van der Waals surface area contributed by atoms with E-state index in [9.17, 15) is 19.2 Å². The maximum Gasteiger partial charge on any atom is 0.376 e. The van der Waals surface area contributed by atoms with Crippen LogP contribution in [0.15, 0.2) is 18.2 Å². The zero-order valence-corrected chi connectivity index (χ0v) is 16.2. The van der Waals surface area contributed by atoms with Gasteiger partial charge in [0, 0.05) is 7.11 Å². The molecule has 0 radical (unpaired) electrons. The highest BCUT2D eigenvalue weighted by Crippen LogP contribution is 2.40. The number of fused-ring (bicyclic) bond motifs is 1. The van der Waals surface area contributed by atoms with Gasteiger partial charge in [0.1, 0.15) is 0 Å². The lowest BCUT2D eigenvalue weighted by atomic mass is 9.81. The van der Waals surface area contributed by atoms with Gasteiger partial charge in [0.25, 0.3) is 0 Å². The predicted octanol–water partition coefficient (Wildman–Crippen LogP) is 2.32. The summed E-state index contributed by atoms with van der Waals surface area (Å²) in [7, 11) is 2.30. The van der Waals surface area contributed by atoms with Gasteiger partial charge in [0.05, 0.1) is 35.2 Å². The number of carbonyl (C=O) groups excluding carboxylic acids is 4. The van der Waals surface area contributed by atoms with Crippen molar-refractivity contribution in [2.75, 3.05) is 19.1 Å². The van der Waals surface area contributed by atoms with E-state index in [4.69, 9.17) is 21.1 Å². The molecule has 1 heterocycles. The number of halogens is 1. The molecule has 28 heavy (non-hydrogen) atoms. The first-order valence-electron chi connectivity index (χ1n) is 8.88. The van der Waals surface area contributed by atoms with Gasteiger partial charge in [-0.2, -0.15) is 0 Å². The number of rotatable bonds is 5. The van der Waals surface area contributed by atoms with Crippen molar-refractivity contribution in [3.63, 3.8) is 0 Å². The molecule has 0 bridgehead atoms. The van der Waals surface area contributed by atoms with Gasteiger partial charge >= 0.3 is 18.2 Å². The number of carbonyl (C=O) groups is 4. The van der Waals surface area contributed by atoms with E-state index >= 15 is 0 Å². The van der Waals surface area contributed by atoms with E-state index in [0.29, 0.717) is 12.8 Å². The minimum absolute atomic E-state index is 0.0463. The van der Waals surface area contributed by atoms with Crippen molar-refractivity contribution in [1.29, 1.82) is 0 Å². The van der Waals surface area contributed by atoms with Gasteiger partial charge in [-0.05, 0) is 31.0 Å². The first kappa shape index (κ1) is 20.3. The SMILES string of the molecule is COC(=O)C(OC)OC(=O)c1cc(N2C(=O)C3CCCCC3C2=O)ccc1Cl. The van der Waals surface area contributed by atoms with Gasteiger partial charge in [-0.3, -0.25) is 14.5 Å².